The Morgan fingerprint density at radius 1 is 0.897 bits per heavy atom. The first-order valence-electron chi connectivity index (χ1n) is 9.55. The molecule has 8 heteroatoms. The standard InChI is InChI=1S/C21H23F2N3O3/c22-15-5-10-19(18(23)13-15)29-14-20(27)24-16-6-8-17(9-7-16)25-21(28)26-11-3-1-2-4-12-26/h5-10,13H,1-4,11-12,14H2,(H,24,27)(H,25,28). The van der Waals surface area contributed by atoms with Crippen molar-refractivity contribution in [2.45, 2.75) is 25.7 Å². The second-order valence-electron chi connectivity index (χ2n) is 6.82. The van der Waals surface area contributed by atoms with Crippen molar-refractivity contribution in [1.82, 2.24) is 4.90 Å². The smallest absolute Gasteiger partial charge is 0.321 e. The van der Waals surface area contributed by atoms with Gasteiger partial charge in [-0.2, -0.15) is 0 Å². The van der Waals surface area contributed by atoms with Gasteiger partial charge in [-0.3, -0.25) is 4.79 Å². The number of ether oxygens (including phenoxy) is 1. The normalized spacial score (nSPS) is 14.1. The molecule has 1 aliphatic rings. The van der Waals surface area contributed by atoms with E-state index in [9.17, 15) is 18.4 Å². The average molecular weight is 403 g/mol. The van der Waals surface area contributed by atoms with E-state index in [2.05, 4.69) is 10.6 Å². The van der Waals surface area contributed by atoms with Crippen LogP contribution in [0.4, 0.5) is 25.0 Å². The molecule has 0 unspecified atom stereocenters. The molecule has 6 nitrogen and oxygen atoms in total. The van der Waals surface area contributed by atoms with Crippen LogP contribution in [-0.2, 0) is 4.79 Å². The first-order valence-corrected chi connectivity index (χ1v) is 9.55. The van der Waals surface area contributed by atoms with Gasteiger partial charge in [-0.1, -0.05) is 12.8 Å². The molecule has 2 aromatic carbocycles. The number of carbonyl (C=O) groups excluding carboxylic acids is 2. The lowest BCUT2D eigenvalue weighted by atomic mass is 10.2. The number of nitrogens with zero attached hydrogens (tertiary/aromatic N) is 1. The largest absolute Gasteiger partial charge is 0.481 e. The molecule has 0 aromatic heterocycles. The first kappa shape index (κ1) is 20.6. The number of nitrogens with one attached hydrogen (secondary N) is 2. The maximum atomic E-state index is 13.5. The molecule has 0 saturated carbocycles. The Bertz CT molecular complexity index is 851. The lowest BCUT2D eigenvalue weighted by Crippen LogP contribution is -2.35. The maximum Gasteiger partial charge on any atom is 0.321 e. The highest BCUT2D eigenvalue weighted by molar-refractivity contribution is 5.93. The Labute approximate surface area is 167 Å². The van der Waals surface area contributed by atoms with Gasteiger partial charge in [-0.15, -0.1) is 0 Å². The molecule has 1 aliphatic heterocycles. The third-order valence-electron chi connectivity index (χ3n) is 4.57. The van der Waals surface area contributed by atoms with Crippen LogP contribution in [0, 0.1) is 11.6 Å². The molecule has 29 heavy (non-hydrogen) atoms. The fourth-order valence-corrected chi connectivity index (χ4v) is 3.05. The van der Waals surface area contributed by atoms with Crippen molar-refractivity contribution < 1.29 is 23.1 Å². The van der Waals surface area contributed by atoms with Gasteiger partial charge in [0.05, 0.1) is 0 Å². The van der Waals surface area contributed by atoms with Gasteiger partial charge in [-0.25, -0.2) is 13.6 Å². The number of urea groups is 1. The van der Waals surface area contributed by atoms with Crippen LogP contribution in [0.3, 0.4) is 0 Å². The summed E-state index contributed by atoms with van der Waals surface area (Å²) in [5.41, 5.74) is 1.13. The molecular weight excluding hydrogens is 380 g/mol. The number of rotatable bonds is 5. The van der Waals surface area contributed by atoms with Gasteiger partial charge in [0, 0.05) is 30.5 Å². The number of carbonyl (C=O) groups is 2. The minimum absolute atomic E-state index is 0.126. The lowest BCUT2D eigenvalue weighted by molar-refractivity contribution is -0.118. The van der Waals surface area contributed by atoms with E-state index in [0.717, 1.165) is 50.9 Å². The summed E-state index contributed by atoms with van der Waals surface area (Å²) in [7, 11) is 0. The second-order valence-corrected chi connectivity index (χ2v) is 6.82. The molecular formula is C21H23F2N3O3. The summed E-state index contributed by atoms with van der Waals surface area (Å²) in [4.78, 5) is 26.1. The van der Waals surface area contributed by atoms with E-state index < -0.39 is 24.1 Å². The minimum atomic E-state index is -0.873. The van der Waals surface area contributed by atoms with Crippen molar-refractivity contribution in [3.05, 3.63) is 54.1 Å². The topological polar surface area (TPSA) is 70.7 Å². The molecule has 1 fully saturated rings. The predicted octanol–water partition coefficient (Wildman–Crippen LogP) is 4.39. The number of hydrogen-bond acceptors (Lipinski definition) is 3. The van der Waals surface area contributed by atoms with Gasteiger partial charge in [0.2, 0.25) is 0 Å². The molecule has 0 radical (unpaired) electrons. The van der Waals surface area contributed by atoms with E-state index >= 15 is 0 Å². The molecule has 2 N–H and O–H groups in total. The van der Waals surface area contributed by atoms with E-state index in [1.165, 1.54) is 0 Å². The van der Waals surface area contributed by atoms with Crippen LogP contribution in [0.2, 0.25) is 0 Å². The van der Waals surface area contributed by atoms with Gasteiger partial charge >= 0.3 is 6.03 Å². The van der Waals surface area contributed by atoms with Gasteiger partial charge in [0.25, 0.3) is 5.91 Å². The zero-order valence-electron chi connectivity index (χ0n) is 15.9. The third-order valence-corrected chi connectivity index (χ3v) is 4.57. The number of likely N-dealkylation sites (tertiary alicyclic amines) is 1. The number of amides is 3. The van der Waals surface area contributed by atoms with E-state index in [-0.39, 0.29) is 11.8 Å². The van der Waals surface area contributed by atoms with Gasteiger partial charge in [0.1, 0.15) is 5.82 Å². The van der Waals surface area contributed by atoms with Crippen LogP contribution in [0.1, 0.15) is 25.7 Å². The van der Waals surface area contributed by atoms with E-state index in [1.54, 1.807) is 24.3 Å². The highest BCUT2D eigenvalue weighted by Crippen LogP contribution is 2.18. The fourth-order valence-electron chi connectivity index (χ4n) is 3.05. The summed E-state index contributed by atoms with van der Waals surface area (Å²) in [6, 6.07) is 9.40. The number of hydrogen-bond donors (Lipinski definition) is 2. The van der Waals surface area contributed by atoms with Crippen molar-refractivity contribution >= 4 is 23.3 Å². The molecule has 0 spiro atoms. The summed E-state index contributed by atoms with van der Waals surface area (Å²) in [6.45, 7) is 1.10. The quantitative estimate of drug-likeness (QED) is 0.778. The Morgan fingerprint density at radius 2 is 1.52 bits per heavy atom. The van der Waals surface area contributed by atoms with Crippen molar-refractivity contribution in [2.75, 3.05) is 30.3 Å². The number of halogens is 2. The first-order chi connectivity index (χ1) is 14.0. The van der Waals surface area contributed by atoms with Crippen LogP contribution in [0.15, 0.2) is 42.5 Å². The zero-order chi connectivity index (χ0) is 20.6. The number of benzene rings is 2. The molecule has 1 saturated heterocycles. The third kappa shape index (κ3) is 6.17. The SMILES string of the molecule is O=C(COc1ccc(F)cc1F)Nc1ccc(NC(=O)N2CCCCCC2)cc1. The summed E-state index contributed by atoms with van der Waals surface area (Å²) in [5, 5.41) is 5.47. The Morgan fingerprint density at radius 3 is 2.14 bits per heavy atom. The molecule has 2 aromatic rings. The monoisotopic (exact) mass is 403 g/mol. The summed E-state index contributed by atoms with van der Waals surface area (Å²) >= 11 is 0. The lowest BCUT2D eigenvalue weighted by Gasteiger charge is -2.20. The van der Waals surface area contributed by atoms with Crippen LogP contribution < -0.4 is 15.4 Å². The van der Waals surface area contributed by atoms with E-state index in [0.29, 0.717) is 17.4 Å². The molecule has 0 atom stereocenters. The predicted molar refractivity (Wildman–Crippen MR) is 106 cm³/mol. The summed E-state index contributed by atoms with van der Waals surface area (Å²) < 4.78 is 31.4. The molecule has 154 valence electrons. The fraction of sp³-hybridized carbons (Fsp3) is 0.333. The Hall–Kier alpha value is -3.16. The van der Waals surface area contributed by atoms with E-state index in [1.807, 2.05) is 4.90 Å². The van der Waals surface area contributed by atoms with E-state index in [4.69, 9.17) is 4.74 Å². The van der Waals surface area contributed by atoms with Gasteiger partial charge in [0.15, 0.2) is 18.2 Å². The van der Waals surface area contributed by atoms with Crippen LogP contribution in [0.25, 0.3) is 0 Å². The summed E-state index contributed by atoms with van der Waals surface area (Å²) in [6.07, 6.45) is 4.33. The van der Waals surface area contributed by atoms with Gasteiger partial charge < -0.3 is 20.3 Å². The van der Waals surface area contributed by atoms with Crippen molar-refractivity contribution in [3.63, 3.8) is 0 Å². The van der Waals surface area contributed by atoms with Gasteiger partial charge in [-0.05, 0) is 49.2 Å². The molecule has 3 amide bonds. The molecule has 3 rings (SSSR count). The van der Waals surface area contributed by atoms with Crippen LogP contribution in [-0.4, -0.2) is 36.5 Å². The van der Waals surface area contributed by atoms with Crippen molar-refractivity contribution in [3.8, 4) is 5.75 Å². The second kappa shape index (κ2) is 9.86. The highest BCUT2D eigenvalue weighted by Gasteiger charge is 2.15. The van der Waals surface area contributed by atoms with Crippen molar-refractivity contribution in [2.24, 2.45) is 0 Å². The summed E-state index contributed by atoms with van der Waals surface area (Å²) in [5.74, 6) is -2.28. The minimum Gasteiger partial charge on any atom is -0.481 e. The van der Waals surface area contributed by atoms with Crippen LogP contribution in [0.5, 0.6) is 5.75 Å². The van der Waals surface area contributed by atoms with Crippen LogP contribution >= 0.6 is 0 Å². The van der Waals surface area contributed by atoms with Crippen molar-refractivity contribution in [1.29, 1.82) is 0 Å². The Balaban J connectivity index is 1.48. The molecule has 1 heterocycles. The number of anilines is 2. The molecule has 0 bridgehead atoms. The average Bonchev–Trinajstić information content (AvgIpc) is 2.98. The Kier molecular flexibility index (Phi) is 6.99. The zero-order valence-corrected chi connectivity index (χ0v) is 15.9. The maximum absolute atomic E-state index is 13.5. The molecule has 0 aliphatic carbocycles. The highest BCUT2D eigenvalue weighted by atomic mass is 19.1.